The molecule has 7 heteroatoms. The summed E-state index contributed by atoms with van der Waals surface area (Å²) in [6, 6.07) is 4.58. The van der Waals surface area contributed by atoms with Gasteiger partial charge in [-0.25, -0.2) is 9.18 Å². The average molecular weight is 319 g/mol. The molecule has 0 aliphatic carbocycles. The number of aromatic nitrogens is 1. The Morgan fingerprint density at radius 3 is 3.09 bits per heavy atom. The lowest BCUT2D eigenvalue weighted by molar-refractivity contribution is 0.0802. The lowest BCUT2D eigenvalue weighted by atomic mass is 10.2. The van der Waals surface area contributed by atoms with E-state index in [1.54, 1.807) is 23.3 Å². The van der Waals surface area contributed by atoms with Crippen molar-refractivity contribution in [2.45, 2.75) is 25.5 Å². The van der Waals surface area contributed by atoms with Crippen LogP contribution in [-0.4, -0.2) is 35.2 Å². The molecule has 1 N–H and O–H groups in total. The number of amides is 2. The lowest BCUT2D eigenvalue weighted by Crippen LogP contribution is -2.39. The van der Waals surface area contributed by atoms with E-state index < -0.39 is 11.8 Å². The maximum absolute atomic E-state index is 13.7. The molecule has 2 aromatic heterocycles. The molecule has 0 radical (unpaired) electrons. The van der Waals surface area contributed by atoms with E-state index in [4.69, 9.17) is 9.15 Å². The smallest absolute Gasteiger partial charge is 0.322 e. The van der Waals surface area contributed by atoms with Gasteiger partial charge >= 0.3 is 6.03 Å². The molecule has 0 aromatic carbocycles. The maximum atomic E-state index is 13.7. The standard InChI is InChI=1S/C16H18FN3O3/c17-14-9-18-6-5-15(14)19-16(21)20(10-12-3-1-7-22-12)11-13-4-2-8-23-13/h1,3,5-7,9,13H,2,4,8,10-11H2,(H,18,19,21)/t13-/m0/s1. The molecule has 0 spiro atoms. The van der Waals surface area contributed by atoms with Crippen LogP contribution in [0.1, 0.15) is 18.6 Å². The van der Waals surface area contributed by atoms with Gasteiger partial charge < -0.3 is 19.4 Å². The molecule has 2 amide bonds. The fraction of sp³-hybridized carbons (Fsp3) is 0.375. The normalized spacial score (nSPS) is 17.2. The summed E-state index contributed by atoms with van der Waals surface area (Å²) in [7, 11) is 0. The second kappa shape index (κ2) is 7.23. The Hall–Kier alpha value is -2.41. The third kappa shape index (κ3) is 4.07. The molecule has 23 heavy (non-hydrogen) atoms. The van der Waals surface area contributed by atoms with Gasteiger partial charge in [-0.1, -0.05) is 0 Å². The van der Waals surface area contributed by atoms with Gasteiger partial charge in [-0.2, -0.15) is 0 Å². The largest absolute Gasteiger partial charge is 0.467 e. The molecule has 1 saturated heterocycles. The summed E-state index contributed by atoms with van der Waals surface area (Å²) in [5, 5.41) is 2.57. The third-order valence-electron chi connectivity index (χ3n) is 3.68. The van der Waals surface area contributed by atoms with Crippen LogP contribution >= 0.6 is 0 Å². The van der Waals surface area contributed by atoms with E-state index in [0.29, 0.717) is 25.5 Å². The van der Waals surface area contributed by atoms with Gasteiger partial charge in [0.25, 0.3) is 0 Å². The second-order valence-corrected chi connectivity index (χ2v) is 5.38. The van der Waals surface area contributed by atoms with Crippen LogP contribution in [0.15, 0.2) is 41.3 Å². The number of halogens is 1. The molecule has 6 nitrogen and oxygen atoms in total. The van der Waals surface area contributed by atoms with Crippen molar-refractivity contribution >= 4 is 11.7 Å². The fourth-order valence-electron chi connectivity index (χ4n) is 2.51. The highest BCUT2D eigenvalue weighted by Crippen LogP contribution is 2.17. The minimum atomic E-state index is -0.573. The minimum Gasteiger partial charge on any atom is -0.467 e. The summed E-state index contributed by atoms with van der Waals surface area (Å²) in [5.41, 5.74) is 0.0989. The molecule has 0 bridgehead atoms. The second-order valence-electron chi connectivity index (χ2n) is 5.38. The summed E-state index contributed by atoms with van der Waals surface area (Å²) in [5.74, 6) is 0.0873. The monoisotopic (exact) mass is 319 g/mol. The number of carbonyl (C=O) groups excluding carboxylic acids is 1. The molecule has 1 atom stereocenters. The Morgan fingerprint density at radius 2 is 2.39 bits per heavy atom. The molecular formula is C16H18FN3O3. The van der Waals surface area contributed by atoms with E-state index in [9.17, 15) is 9.18 Å². The van der Waals surface area contributed by atoms with Crippen LogP contribution in [0.2, 0.25) is 0 Å². The van der Waals surface area contributed by atoms with Gasteiger partial charge in [0.15, 0.2) is 5.82 Å². The van der Waals surface area contributed by atoms with Crippen molar-refractivity contribution in [1.29, 1.82) is 0 Å². The Balaban J connectivity index is 1.70. The maximum Gasteiger partial charge on any atom is 0.322 e. The van der Waals surface area contributed by atoms with E-state index in [-0.39, 0.29) is 11.8 Å². The highest BCUT2D eigenvalue weighted by Gasteiger charge is 2.24. The van der Waals surface area contributed by atoms with Crippen molar-refractivity contribution in [3.8, 4) is 0 Å². The number of urea groups is 1. The summed E-state index contributed by atoms with van der Waals surface area (Å²) >= 11 is 0. The average Bonchev–Trinajstić information content (AvgIpc) is 3.22. The Kier molecular flexibility index (Phi) is 4.87. The summed E-state index contributed by atoms with van der Waals surface area (Å²) in [6.45, 7) is 1.44. The highest BCUT2D eigenvalue weighted by atomic mass is 19.1. The van der Waals surface area contributed by atoms with Crippen molar-refractivity contribution in [2.24, 2.45) is 0 Å². The predicted octanol–water partition coefficient (Wildman–Crippen LogP) is 3.03. The van der Waals surface area contributed by atoms with Crippen LogP contribution in [0.3, 0.4) is 0 Å². The fourth-order valence-corrected chi connectivity index (χ4v) is 2.51. The van der Waals surface area contributed by atoms with E-state index in [2.05, 4.69) is 10.3 Å². The van der Waals surface area contributed by atoms with Crippen molar-refractivity contribution < 1.29 is 18.3 Å². The van der Waals surface area contributed by atoms with Gasteiger partial charge in [-0.15, -0.1) is 0 Å². The highest BCUT2D eigenvalue weighted by molar-refractivity contribution is 5.89. The first-order chi connectivity index (χ1) is 11.2. The molecule has 1 aliphatic rings. The van der Waals surface area contributed by atoms with Crippen LogP contribution in [0, 0.1) is 5.82 Å². The van der Waals surface area contributed by atoms with Gasteiger partial charge in [0.2, 0.25) is 0 Å². The molecule has 2 aromatic rings. The molecule has 1 fully saturated rings. The number of anilines is 1. The van der Waals surface area contributed by atoms with Crippen molar-refractivity contribution in [1.82, 2.24) is 9.88 Å². The van der Waals surface area contributed by atoms with Gasteiger partial charge in [0.05, 0.1) is 30.8 Å². The quantitative estimate of drug-likeness (QED) is 0.920. The number of nitrogens with zero attached hydrogens (tertiary/aromatic N) is 2. The number of furan rings is 1. The topological polar surface area (TPSA) is 67.6 Å². The number of ether oxygens (including phenoxy) is 1. The molecular weight excluding hydrogens is 301 g/mol. The van der Waals surface area contributed by atoms with Crippen LogP contribution in [0.25, 0.3) is 0 Å². The number of nitrogens with one attached hydrogen (secondary N) is 1. The number of hydrogen-bond acceptors (Lipinski definition) is 4. The molecule has 1 aliphatic heterocycles. The van der Waals surface area contributed by atoms with Crippen LogP contribution < -0.4 is 5.32 Å². The summed E-state index contributed by atoms with van der Waals surface area (Å²) < 4.78 is 24.6. The zero-order valence-corrected chi connectivity index (χ0v) is 12.6. The van der Waals surface area contributed by atoms with Crippen molar-refractivity contribution in [2.75, 3.05) is 18.5 Å². The Bertz CT molecular complexity index is 642. The predicted molar refractivity (Wildman–Crippen MR) is 81.3 cm³/mol. The van der Waals surface area contributed by atoms with E-state index in [1.165, 1.54) is 12.3 Å². The number of pyridine rings is 1. The molecule has 0 saturated carbocycles. The van der Waals surface area contributed by atoms with Crippen molar-refractivity contribution in [3.05, 3.63) is 48.4 Å². The van der Waals surface area contributed by atoms with Crippen LogP contribution in [-0.2, 0) is 11.3 Å². The number of hydrogen-bond donors (Lipinski definition) is 1. The van der Waals surface area contributed by atoms with E-state index in [1.807, 2.05) is 0 Å². The van der Waals surface area contributed by atoms with Crippen LogP contribution in [0.5, 0.6) is 0 Å². The zero-order chi connectivity index (χ0) is 16.1. The van der Waals surface area contributed by atoms with E-state index >= 15 is 0 Å². The first-order valence-electron chi connectivity index (χ1n) is 7.52. The van der Waals surface area contributed by atoms with Gasteiger partial charge in [-0.05, 0) is 31.0 Å². The number of carbonyl (C=O) groups is 1. The third-order valence-corrected chi connectivity index (χ3v) is 3.68. The Labute approximate surface area is 133 Å². The Morgan fingerprint density at radius 1 is 1.48 bits per heavy atom. The van der Waals surface area contributed by atoms with Crippen LogP contribution in [0.4, 0.5) is 14.9 Å². The summed E-state index contributed by atoms with van der Waals surface area (Å²) in [6.07, 6.45) is 5.94. The van der Waals surface area contributed by atoms with E-state index in [0.717, 1.165) is 19.0 Å². The molecule has 3 rings (SSSR count). The first-order valence-corrected chi connectivity index (χ1v) is 7.52. The van der Waals surface area contributed by atoms with Crippen molar-refractivity contribution in [3.63, 3.8) is 0 Å². The van der Waals surface area contributed by atoms with Gasteiger partial charge in [0, 0.05) is 19.3 Å². The molecule has 122 valence electrons. The first kappa shape index (κ1) is 15.5. The minimum absolute atomic E-state index is 0.00185. The lowest BCUT2D eigenvalue weighted by Gasteiger charge is -2.25. The molecule has 3 heterocycles. The number of rotatable bonds is 5. The summed E-state index contributed by atoms with van der Waals surface area (Å²) in [4.78, 5) is 17.7. The SMILES string of the molecule is O=C(Nc1ccncc1F)N(Cc1ccco1)C[C@@H]1CCCO1. The van der Waals surface area contributed by atoms with Gasteiger partial charge in [0.1, 0.15) is 5.76 Å². The molecule has 0 unspecified atom stereocenters. The zero-order valence-electron chi connectivity index (χ0n) is 12.6. The van der Waals surface area contributed by atoms with Gasteiger partial charge in [-0.3, -0.25) is 4.98 Å².